The highest BCUT2D eigenvalue weighted by molar-refractivity contribution is 7.80. The van der Waals surface area contributed by atoms with E-state index in [1.807, 2.05) is 38.8 Å². The molecule has 1 heterocycles. The third kappa shape index (κ3) is 4.07. The van der Waals surface area contributed by atoms with Gasteiger partial charge >= 0.3 is 0 Å². The summed E-state index contributed by atoms with van der Waals surface area (Å²) >= 11 is 5.02. The van der Waals surface area contributed by atoms with E-state index in [4.69, 9.17) is 12.2 Å². The van der Waals surface area contributed by atoms with Gasteiger partial charge in [0.2, 0.25) is 0 Å². The molecule has 1 rings (SSSR count). The second-order valence-electron chi connectivity index (χ2n) is 3.82. The summed E-state index contributed by atoms with van der Waals surface area (Å²) in [5.41, 5.74) is 4.11. The average molecular weight is 277 g/mol. The second-order valence-corrected chi connectivity index (χ2v) is 4.21. The van der Waals surface area contributed by atoms with Crippen molar-refractivity contribution in [3.05, 3.63) is 12.3 Å². The molecule has 0 saturated carbocycles. The van der Waals surface area contributed by atoms with Crippen molar-refractivity contribution in [2.45, 2.75) is 13.0 Å². The van der Waals surface area contributed by atoms with E-state index in [0.29, 0.717) is 10.8 Å². The predicted octanol–water partition coefficient (Wildman–Crippen LogP) is -3.23. The number of hydrogen-bond donors (Lipinski definition) is 2. The van der Waals surface area contributed by atoms with E-state index < -0.39 is 6.10 Å². The standard InChI is InChI=1S/C10H16N4OS.ClH/c1-7-9(15)8(5-6-14(7)4)11-12-10(16)13(2)3;/h5-6,9,15H,1-4H3;1H. The van der Waals surface area contributed by atoms with Gasteiger partial charge in [0, 0.05) is 27.1 Å². The molecule has 7 heteroatoms. The third-order valence-electron chi connectivity index (χ3n) is 2.39. The number of aliphatic hydroxyl groups is 1. The molecule has 96 valence electrons. The first kappa shape index (κ1) is 16.0. The average Bonchev–Trinajstić information content (AvgIpc) is 2.24. The van der Waals surface area contributed by atoms with Crippen LogP contribution in [0, 0.1) is 0 Å². The molecule has 0 radical (unpaired) electrons. The third-order valence-corrected chi connectivity index (χ3v) is 2.84. The van der Waals surface area contributed by atoms with Gasteiger partial charge in [0.1, 0.15) is 12.8 Å². The minimum atomic E-state index is -0.688. The molecule has 0 aromatic heterocycles. The minimum absolute atomic E-state index is 0. The van der Waals surface area contributed by atoms with Gasteiger partial charge in [0.05, 0.1) is 0 Å². The molecule has 1 aliphatic rings. The lowest BCUT2D eigenvalue weighted by atomic mass is 10.1. The first-order valence-electron chi connectivity index (χ1n) is 4.91. The Kier molecular flexibility index (Phi) is 6.30. The van der Waals surface area contributed by atoms with Crippen LogP contribution >= 0.6 is 12.2 Å². The van der Waals surface area contributed by atoms with E-state index in [1.54, 1.807) is 11.0 Å². The smallest absolute Gasteiger partial charge is 0.189 e. The molecule has 0 spiro atoms. The van der Waals surface area contributed by atoms with E-state index in [2.05, 4.69) is 10.5 Å². The number of nitrogens with zero attached hydrogens (tertiary/aromatic N) is 3. The quantitative estimate of drug-likeness (QED) is 0.301. The molecule has 0 fully saturated rings. The summed E-state index contributed by atoms with van der Waals surface area (Å²) in [6.45, 7) is 1.86. The van der Waals surface area contributed by atoms with Crippen LogP contribution in [0.2, 0.25) is 0 Å². The van der Waals surface area contributed by atoms with E-state index in [9.17, 15) is 5.11 Å². The maximum atomic E-state index is 9.90. The highest BCUT2D eigenvalue weighted by atomic mass is 35.5. The van der Waals surface area contributed by atoms with Crippen LogP contribution in [0.4, 0.5) is 0 Å². The zero-order chi connectivity index (χ0) is 12.3. The molecule has 0 aromatic rings. The number of nitrogens with one attached hydrogen (secondary N) is 1. The molecule has 1 aliphatic heterocycles. The summed E-state index contributed by atoms with van der Waals surface area (Å²) in [6, 6.07) is 0. The Balaban J connectivity index is 0.00000256. The lowest BCUT2D eigenvalue weighted by molar-refractivity contribution is -0.426. The van der Waals surface area contributed by atoms with Gasteiger partial charge in [0.25, 0.3) is 0 Å². The maximum absolute atomic E-state index is 9.90. The Morgan fingerprint density at radius 2 is 2.18 bits per heavy atom. The predicted molar refractivity (Wildman–Crippen MR) is 68.9 cm³/mol. The van der Waals surface area contributed by atoms with E-state index in [0.717, 1.165) is 5.71 Å². The zero-order valence-electron chi connectivity index (χ0n) is 10.3. The molecule has 0 bridgehead atoms. The van der Waals surface area contributed by atoms with Crippen molar-refractivity contribution in [3.63, 3.8) is 0 Å². The molecule has 1 atom stereocenters. The van der Waals surface area contributed by atoms with Crippen molar-refractivity contribution < 1.29 is 22.1 Å². The maximum Gasteiger partial charge on any atom is 0.189 e. The summed E-state index contributed by atoms with van der Waals surface area (Å²) in [5.74, 6) is 0. The fourth-order valence-corrected chi connectivity index (χ4v) is 1.16. The summed E-state index contributed by atoms with van der Waals surface area (Å²) in [5, 5.41) is 14.5. The summed E-state index contributed by atoms with van der Waals surface area (Å²) in [4.78, 5) is 1.74. The fraction of sp³-hybridized carbons (Fsp3) is 0.500. The van der Waals surface area contributed by atoms with E-state index >= 15 is 0 Å². The summed E-state index contributed by atoms with van der Waals surface area (Å²) in [7, 11) is 5.53. The van der Waals surface area contributed by atoms with Crippen LogP contribution in [-0.4, -0.2) is 58.4 Å². The van der Waals surface area contributed by atoms with Crippen LogP contribution in [0.1, 0.15) is 6.92 Å². The van der Waals surface area contributed by atoms with Gasteiger partial charge in [0.15, 0.2) is 23.1 Å². The first-order chi connectivity index (χ1) is 7.43. The monoisotopic (exact) mass is 276 g/mol. The van der Waals surface area contributed by atoms with Crippen LogP contribution < -0.4 is 17.8 Å². The van der Waals surface area contributed by atoms with E-state index in [1.165, 1.54) is 0 Å². The SMILES string of the molecule is CC1=[N+](C)C=CC(=NNC(=S)N(C)C)C1O.[Cl-]. The number of halogens is 1. The summed E-state index contributed by atoms with van der Waals surface area (Å²) in [6.07, 6.45) is 2.91. The Bertz CT molecular complexity index is 390. The first-order valence-corrected chi connectivity index (χ1v) is 5.31. The van der Waals surface area contributed by atoms with Gasteiger partial charge in [-0.2, -0.15) is 5.10 Å². The second kappa shape index (κ2) is 6.68. The topological polar surface area (TPSA) is 50.9 Å². The summed E-state index contributed by atoms with van der Waals surface area (Å²) < 4.78 is 1.86. The number of aliphatic hydroxyl groups excluding tert-OH is 1. The van der Waals surface area contributed by atoms with Crippen molar-refractivity contribution >= 4 is 28.8 Å². The molecular formula is C10H17ClN4OS. The molecule has 0 aliphatic carbocycles. The van der Waals surface area contributed by atoms with Gasteiger partial charge < -0.3 is 22.4 Å². The van der Waals surface area contributed by atoms with Crippen LogP contribution in [0.15, 0.2) is 17.4 Å². The molecule has 2 N–H and O–H groups in total. The molecule has 0 aromatic carbocycles. The Labute approximate surface area is 113 Å². The number of hydrazone groups is 1. The number of rotatable bonds is 1. The molecule has 17 heavy (non-hydrogen) atoms. The van der Waals surface area contributed by atoms with Crippen molar-refractivity contribution in [2.75, 3.05) is 21.1 Å². The van der Waals surface area contributed by atoms with Gasteiger partial charge in [-0.05, 0) is 12.2 Å². The normalized spacial score (nSPS) is 21.2. The van der Waals surface area contributed by atoms with Crippen molar-refractivity contribution in [1.82, 2.24) is 10.3 Å². The van der Waals surface area contributed by atoms with Gasteiger partial charge in [-0.1, -0.05) is 0 Å². The Morgan fingerprint density at radius 3 is 2.71 bits per heavy atom. The lowest BCUT2D eigenvalue weighted by Crippen LogP contribution is -3.00. The highest BCUT2D eigenvalue weighted by Crippen LogP contribution is 2.01. The Hall–Kier alpha value is -0.980. The largest absolute Gasteiger partial charge is 1.00 e. The highest BCUT2D eigenvalue weighted by Gasteiger charge is 2.24. The molecule has 0 amide bonds. The lowest BCUT2D eigenvalue weighted by Gasteiger charge is -2.15. The van der Waals surface area contributed by atoms with Gasteiger partial charge in [-0.3, -0.25) is 5.43 Å². The van der Waals surface area contributed by atoms with Crippen LogP contribution in [0.5, 0.6) is 0 Å². The minimum Gasteiger partial charge on any atom is -1.00 e. The molecule has 5 nitrogen and oxygen atoms in total. The van der Waals surface area contributed by atoms with Gasteiger partial charge in [-0.25, -0.2) is 4.58 Å². The van der Waals surface area contributed by atoms with Crippen LogP contribution in [0.25, 0.3) is 0 Å². The van der Waals surface area contributed by atoms with Crippen molar-refractivity contribution in [1.29, 1.82) is 0 Å². The zero-order valence-corrected chi connectivity index (χ0v) is 11.9. The van der Waals surface area contributed by atoms with Crippen LogP contribution in [-0.2, 0) is 0 Å². The van der Waals surface area contributed by atoms with Gasteiger partial charge in [-0.15, -0.1) is 0 Å². The van der Waals surface area contributed by atoms with Crippen LogP contribution in [0.3, 0.4) is 0 Å². The Morgan fingerprint density at radius 1 is 1.59 bits per heavy atom. The fourth-order valence-electron chi connectivity index (χ4n) is 1.11. The molecule has 0 saturated heterocycles. The number of thiocarbonyl (C=S) groups is 1. The van der Waals surface area contributed by atoms with E-state index in [-0.39, 0.29) is 12.4 Å². The number of hydrogen-bond acceptors (Lipinski definition) is 3. The van der Waals surface area contributed by atoms with Crippen molar-refractivity contribution in [3.8, 4) is 0 Å². The molecular weight excluding hydrogens is 260 g/mol. The molecule has 1 unspecified atom stereocenters. The van der Waals surface area contributed by atoms with Crippen molar-refractivity contribution in [2.24, 2.45) is 5.10 Å².